The molecule has 5 nitrogen and oxygen atoms in total. The van der Waals surface area contributed by atoms with Gasteiger partial charge in [0.15, 0.2) is 11.7 Å². The number of hydrogen-bond donors (Lipinski definition) is 2. The number of aromatic nitrogens is 1. The average Bonchev–Trinajstić information content (AvgIpc) is 3.02. The molecule has 0 fully saturated rings. The first-order valence-electron chi connectivity index (χ1n) is 8.20. The third kappa shape index (κ3) is 6.12. The molecule has 26 heavy (non-hydrogen) atoms. The van der Waals surface area contributed by atoms with E-state index in [0.29, 0.717) is 24.1 Å². The van der Waals surface area contributed by atoms with Crippen molar-refractivity contribution in [1.29, 1.82) is 0 Å². The summed E-state index contributed by atoms with van der Waals surface area (Å²) in [6.07, 6.45) is 0.836. The molecule has 1 aromatic heterocycles. The standard InChI is InChI=1S/C18H24ClFN4O.HI/c1-5-13-9-14(25-24-13)10-22-17(21-4)23-11-18(2,3)15-7-6-12(20)8-16(15)19;/h6-9H,5,10-11H2,1-4H3,(H2,21,22,23);1H. The van der Waals surface area contributed by atoms with Gasteiger partial charge in [0, 0.05) is 30.1 Å². The van der Waals surface area contributed by atoms with Crippen molar-refractivity contribution < 1.29 is 8.91 Å². The first-order chi connectivity index (χ1) is 11.9. The van der Waals surface area contributed by atoms with E-state index in [2.05, 4.69) is 20.8 Å². The summed E-state index contributed by atoms with van der Waals surface area (Å²) in [4.78, 5) is 4.20. The van der Waals surface area contributed by atoms with Crippen LogP contribution in [-0.2, 0) is 18.4 Å². The molecule has 8 heteroatoms. The minimum atomic E-state index is -0.339. The molecule has 0 atom stereocenters. The second-order valence-electron chi connectivity index (χ2n) is 6.43. The Bertz CT molecular complexity index is 749. The molecule has 1 heterocycles. The summed E-state index contributed by atoms with van der Waals surface area (Å²) in [5, 5.41) is 10.8. The van der Waals surface area contributed by atoms with Gasteiger partial charge in [-0.1, -0.05) is 43.6 Å². The molecule has 2 rings (SSSR count). The molecule has 0 radical (unpaired) electrons. The molecule has 0 aliphatic heterocycles. The van der Waals surface area contributed by atoms with E-state index in [1.54, 1.807) is 13.1 Å². The van der Waals surface area contributed by atoms with Gasteiger partial charge in [-0.15, -0.1) is 24.0 Å². The first kappa shape index (κ1) is 22.7. The van der Waals surface area contributed by atoms with Crippen molar-refractivity contribution in [2.45, 2.75) is 39.2 Å². The number of aliphatic imine (C=N–C) groups is 1. The Kier molecular flexibility index (Phi) is 8.82. The van der Waals surface area contributed by atoms with Crippen LogP contribution in [0.5, 0.6) is 0 Å². The highest BCUT2D eigenvalue weighted by atomic mass is 127. The molecule has 0 amide bonds. The summed E-state index contributed by atoms with van der Waals surface area (Å²) in [5.74, 6) is 1.05. The maximum Gasteiger partial charge on any atom is 0.191 e. The lowest BCUT2D eigenvalue weighted by Crippen LogP contribution is -2.43. The van der Waals surface area contributed by atoms with Gasteiger partial charge in [0.25, 0.3) is 0 Å². The topological polar surface area (TPSA) is 62.5 Å². The van der Waals surface area contributed by atoms with E-state index in [9.17, 15) is 4.39 Å². The zero-order valence-electron chi connectivity index (χ0n) is 15.4. The van der Waals surface area contributed by atoms with E-state index in [-0.39, 0.29) is 35.2 Å². The molecule has 0 unspecified atom stereocenters. The van der Waals surface area contributed by atoms with Crippen molar-refractivity contribution >= 4 is 41.5 Å². The number of nitrogens with zero attached hydrogens (tertiary/aromatic N) is 2. The number of nitrogens with one attached hydrogen (secondary N) is 2. The number of hydrogen-bond acceptors (Lipinski definition) is 3. The van der Waals surface area contributed by atoms with E-state index in [4.69, 9.17) is 16.1 Å². The molecular weight excluding hydrogens is 470 g/mol. The number of guanidine groups is 1. The van der Waals surface area contributed by atoms with Gasteiger partial charge in [0.1, 0.15) is 5.82 Å². The molecular formula is C18H25ClFIN4O. The zero-order chi connectivity index (χ0) is 18.4. The summed E-state index contributed by atoms with van der Waals surface area (Å²) in [7, 11) is 1.70. The molecule has 2 N–H and O–H groups in total. The molecule has 2 aromatic rings. The van der Waals surface area contributed by atoms with Crippen molar-refractivity contribution in [2.75, 3.05) is 13.6 Å². The van der Waals surface area contributed by atoms with Crippen LogP contribution in [0.15, 0.2) is 33.8 Å². The number of rotatable bonds is 6. The van der Waals surface area contributed by atoms with Crippen LogP contribution in [0.1, 0.15) is 37.8 Å². The Labute approximate surface area is 175 Å². The van der Waals surface area contributed by atoms with Crippen LogP contribution in [0.2, 0.25) is 5.02 Å². The van der Waals surface area contributed by atoms with Crippen molar-refractivity contribution in [1.82, 2.24) is 15.8 Å². The molecule has 144 valence electrons. The van der Waals surface area contributed by atoms with Crippen LogP contribution in [0, 0.1) is 5.82 Å². The van der Waals surface area contributed by atoms with Crippen molar-refractivity contribution in [2.24, 2.45) is 4.99 Å². The first-order valence-corrected chi connectivity index (χ1v) is 8.58. The number of aryl methyl sites for hydroxylation is 1. The van der Waals surface area contributed by atoms with Gasteiger partial charge < -0.3 is 15.2 Å². The number of benzene rings is 1. The molecule has 0 spiro atoms. The summed E-state index contributed by atoms with van der Waals surface area (Å²) in [6, 6.07) is 6.39. The van der Waals surface area contributed by atoms with Crippen molar-refractivity contribution in [3.63, 3.8) is 0 Å². The zero-order valence-corrected chi connectivity index (χ0v) is 18.5. The Morgan fingerprint density at radius 3 is 2.62 bits per heavy atom. The minimum absolute atomic E-state index is 0. The minimum Gasteiger partial charge on any atom is -0.359 e. The lowest BCUT2D eigenvalue weighted by atomic mass is 9.84. The van der Waals surface area contributed by atoms with E-state index < -0.39 is 0 Å². The number of halogens is 3. The van der Waals surface area contributed by atoms with Crippen LogP contribution in [0.4, 0.5) is 4.39 Å². The summed E-state index contributed by atoms with van der Waals surface area (Å²) >= 11 is 6.19. The summed E-state index contributed by atoms with van der Waals surface area (Å²) in [5.41, 5.74) is 1.50. The van der Waals surface area contributed by atoms with Gasteiger partial charge in [-0.3, -0.25) is 4.99 Å². The Balaban J connectivity index is 0.00000338. The maximum atomic E-state index is 13.3. The Morgan fingerprint density at radius 1 is 1.31 bits per heavy atom. The molecule has 0 aliphatic rings. The smallest absolute Gasteiger partial charge is 0.191 e. The van der Waals surface area contributed by atoms with Gasteiger partial charge in [-0.05, 0) is 24.1 Å². The van der Waals surface area contributed by atoms with Crippen LogP contribution in [0.3, 0.4) is 0 Å². The predicted octanol–water partition coefficient (Wildman–Crippen LogP) is 4.29. The van der Waals surface area contributed by atoms with Gasteiger partial charge in [0.05, 0.1) is 12.2 Å². The lowest BCUT2D eigenvalue weighted by Gasteiger charge is -2.27. The molecule has 0 bridgehead atoms. The fourth-order valence-corrected chi connectivity index (χ4v) is 2.86. The Hall–Kier alpha value is -1.35. The highest BCUT2D eigenvalue weighted by Crippen LogP contribution is 2.29. The highest BCUT2D eigenvalue weighted by Gasteiger charge is 2.24. The van der Waals surface area contributed by atoms with E-state index in [0.717, 1.165) is 23.4 Å². The van der Waals surface area contributed by atoms with E-state index in [1.165, 1.54) is 12.1 Å². The van der Waals surface area contributed by atoms with Crippen molar-refractivity contribution in [3.8, 4) is 0 Å². The third-order valence-corrected chi connectivity index (χ3v) is 4.29. The summed E-state index contributed by atoms with van der Waals surface area (Å²) < 4.78 is 18.5. The van der Waals surface area contributed by atoms with Gasteiger partial charge in [-0.2, -0.15) is 0 Å². The van der Waals surface area contributed by atoms with E-state index in [1.807, 2.05) is 26.8 Å². The SMILES string of the molecule is CCc1cc(CNC(=NC)NCC(C)(C)c2ccc(F)cc2Cl)on1.I. The maximum absolute atomic E-state index is 13.3. The van der Waals surface area contributed by atoms with Gasteiger partial charge in [-0.25, -0.2) is 4.39 Å². The quantitative estimate of drug-likeness (QED) is 0.357. The summed E-state index contributed by atoms with van der Waals surface area (Å²) in [6.45, 7) is 7.17. The van der Waals surface area contributed by atoms with Gasteiger partial charge >= 0.3 is 0 Å². The average molecular weight is 495 g/mol. The normalized spacial score (nSPS) is 11.8. The molecule has 0 saturated heterocycles. The highest BCUT2D eigenvalue weighted by molar-refractivity contribution is 14.0. The van der Waals surface area contributed by atoms with Crippen LogP contribution in [0.25, 0.3) is 0 Å². The fraction of sp³-hybridized carbons (Fsp3) is 0.444. The van der Waals surface area contributed by atoms with Crippen LogP contribution < -0.4 is 10.6 Å². The monoisotopic (exact) mass is 494 g/mol. The fourth-order valence-electron chi connectivity index (χ4n) is 2.44. The van der Waals surface area contributed by atoms with Gasteiger partial charge in [0.2, 0.25) is 0 Å². The van der Waals surface area contributed by atoms with E-state index >= 15 is 0 Å². The third-order valence-electron chi connectivity index (χ3n) is 3.98. The second kappa shape index (κ2) is 10.1. The Morgan fingerprint density at radius 2 is 2.04 bits per heavy atom. The van der Waals surface area contributed by atoms with Crippen LogP contribution in [-0.4, -0.2) is 24.7 Å². The largest absolute Gasteiger partial charge is 0.359 e. The second-order valence-corrected chi connectivity index (χ2v) is 6.83. The lowest BCUT2D eigenvalue weighted by molar-refractivity contribution is 0.374. The molecule has 0 aliphatic carbocycles. The van der Waals surface area contributed by atoms with Crippen molar-refractivity contribution in [3.05, 3.63) is 52.1 Å². The predicted molar refractivity (Wildman–Crippen MR) is 114 cm³/mol. The molecule has 0 saturated carbocycles. The van der Waals surface area contributed by atoms with Crippen LogP contribution >= 0.6 is 35.6 Å². The molecule has 1 aromatic carbocycles.